The first-order valence-electron chi connectivity index (χ1n) is 5.36. The van der Waals surface area contributed by atoms with E-state index in [4.69, 9.17) is 5.73 Å². The number of amides is 1. The summed E-state index contributed by atoms with van der Waals surface area (Å²) in [4.78, 5) is 11.9. The first kappa shape index (κ1) is 12.7. The lowest BCUT2D eigenvalue weighted by molar-refractivity contribution is 0.102. The molecule has 1 amide bonds. The van der Waals surface area contributed by atoms with Crippen molar-refractivity contribution in [3.8, 4) is 11.5 Å². The van der Waals surface area contributed by atoms with Crippen molar-refractivity contribution in [3.05, 3.63) is 47.8 Å². The van der Waals surface area contributed by atoms with Gasteiger partial charge in [0.25, 0.3) is 5.91 Å². The van der Waals surface area contributed by atoms with Crippen LogP contribution in [0.2, 0.25) is 0 Å². The lowest BCUT2D eigenvalue weighted by atomic mass is 10.1. The van der Waals surface area contributed by atoms with E-state index >= 15 is 0 Å². The minimum Gasteiger partial charge on any atom is -0.508 e. The van der Waals surface area contributed by atoms with E-state index in [1.54, 1.807) is 0 Å². The van der Waals surface area contributed by atoms with E-state index in [0.29, 0.717) is 0 Å². The Morgan fingerprint density at radius 3 is 2.37 bits per heavy atom. The number of carbonyl (C=O) groups is 1. The fourth-order valence-electron chi connectivity index (χ4n) is 1.58. The third kappa shape index (κ3) is 2.74. The fourth-order valence-corrected chi connectivity index (χ4v) is 1.58. The van der Waals surface area contributed by atoms with Crippen LogP contribution >= 0.6 is 0 Å². The minimum atomic E-state index is -0.692. The zero-order chi connectivity index (χ0) is 14.0. The number of nitrogens with two attached hydrogens (primary N) is 1. The SMILES string of the molecule is Nc1cccc(F)c1NC(=O)c1cc(O)cc(O)c1. The predicted molar refractivity (Wildman–Crippen MR) is 68.5 cm³/mol. The van der Waals surface area contributed by atoms with Gasteiger partial charge in [0, 0.05) is 11.6 Å². The summed E-state index contributed by atoms with van der Waals surface area (Å²) in [6.07, 6.45) is 0. The third-order valence-corrected chi connectivity index (χ3v) is 2.45. The van der Waals surface area contributed by atoms with Crippen LogP contribution in [0.25, 0.3) is 0 Å². The molecule has 0 aromatic heterocycles. The molecular weight excluding hydrogens is 251 g/mol. The molecule has 0 unspecified atom stereocenters. The Balaban J connectivity index is 2.31. The van der Waals surface area contributed by atoms with Gasteiger partial charge in [0.1, 0.15) is 23.0 Å². The first-order chi connectivity index (χ1) is 8.97. The van der Waals surface area contributed by atoms with Crippen LogP contribution in [0.1, 0.15) is 10.4 Å². The average molecular weight is 262 g/mol. The molecule has 98 valence electrons. The molecule has 0 bridgehead atoms. The zero-order valence-electron chi connectivity index (χ0n) is 9.72. The number of phenols is 2. The lowest BCUT2D eigenvalue weighted by Gasteiger charge is -2.09. The quantitative estimate of drug-likeness (QED) is 0.623. The normalized spacial score (nSPS) is 10.2. The van der Waals surface area contributed by atoms with E-state index in [9.17, 15) is 19.4 Å². The number of hydrogen-bond acceptors (Lipinski definition) is 4. The molecule has 19 heavy (non-hydrogen) atoms. The van der Waals surface area contributed by atoms with Crippen molar-refractivity contribution in [2.45, 2.75) is 0 Å². The molecular formula is C13H11FN2O3. The van der Waals surface area contributed by atoms with Gasteiger partial charge < -0.3 is 21.3 Å². The molecule has 0 atom stereocenters. The molecule has 0 aliphatic heterocycles. The summed E-state index contributed by atoms with van der Waals surface area (Å²) in [7, 11) is 0. The fraction of sp³-hybridized carbons (Fsp3) is 0. The van der Waals surface area contributed by atoms with Gasteiger partial charge in [-0.1, -0.05) is 6.07 Å². The van der Waals surface area contributed by atoms with E-state index in [-0.39, 0.29) is 28.4 Å². The lowest BCUT2D eigenvalue weighted by Crippen LogP contribution is -2.14. The number of hydrogen-bond donors (Lipinski definition) is 4. The molecule has 0 aliphatic carbocycles. The zero-order valence-corrected chi connectivity index (χ0v) is 9.72. The molecule has 0 saturated carbocycles. The molecule has 5 nitrogen and oxygen atoms in total. The molecule has 0 fully saturated rings. The highest BCUT2D eigenvalue weighted by Crippen LogP contribution is 2.25. The van der Waals surface area contributed by atoms with E-state index in [0.717, 1.165) is 24.3 Å². The highest BCUT2D eigenvalue weighted by Gasteiger charge is 2.13. The average Bonchev–Trinajstić information content (AvgIpc) is 2.32. The number of nitrogens with one attached hydrogen (secondary N) is 1. The molecule has 2 rings (SSSR count). The summed E-state index contributed by atoms with van der Waals surface area (Å²) >= 11 is 0. The van der Waals surface area contributed by atoms with Crippen molar-refractivity contribution in [1.82, 2.24) is 0 Å². The van der Waals surface area contributed by atoms with Crippen LogP contribution in [0.5, 0.6) is 11.5 Å². The number of benzene rings is 2. The van der Waals surface area contributed by atoms with Gasteiger partial charge in [-0.2, -0.15) is 0 Å². The number of phenolic OH excluding ortho intramolecular Hbond substituents is 2. The van der Waals surface area contributed by atoms with E-state index in [1.807, 2.05) is 0 Å². The number of aromatic hydroxyl groups is 2. The summed E-state index contributed by atoms with van der Waals surface area (Å²) < 4.78 is 13.5. The maximum absolute atomic E-state index is 13.5. The highest BCUT2D eigenvalue weighted by atomic mass is 19.1. The second kappa shape index (κ2) is 4.85. The van der Waals surface area contributed by atoms with Crippen LogP contribution in [0.4, 0.5) is 15.8 Å². The number of carbonyl (C=O) groups excluding carboxylic acids is 1. The molecule has 5 N–H and O–H groups in total. The van der Waals surface area contributed by atoms with Crippen LogP contribution in [0.15, 0.2) is 36.4 Å². The summed E-state index contributed by atoms with van der Waals surface area (Å²) in [5.41, 5.74) is 5.48. The van der Waals surface area contributed by atoms with Crippen molar-refractivity contribution in [2.24, 2.45) is 0 Å². The van der Waals surface area contributed by atoms with Crippen LogP contribution in [-0.2, 0) is 0 Å². The number of rotatable bonds is 2. The van der Waals surface area contributed by atoms with Crippen LogP contribution in [0, 0.1) is 5.82 Å². The summed E-state index contributed by atoms with van der Waals surface area (Å²) in [5, 5.41) is 20.8. The van der Waals surface area contributed by atoms with Crippen molar-refractivity contribution < 1.29 is 19.4 Å². The Kier molecular flexibility index (Phi) is 3.24. The predicted octanol–water partition coefficient (Wildman–Crippen LogP) is 2.07. The smallest absolute Gasteiger partial charge is 0.256 e. The van der Waals surface area contributed by atoms with Gasteiger partial charge in [-0.15, -0.1) is 0 Å². The Hall–Kier alpha value is -2.76. The molecule has 6 heteroatoms. The minimum absolute atomic E-state index is 0.0137. The summed E-state index contributed by atoms with van der Waals surface area (Å²) in [6.45, 7) is 0. The van der Waals surface area contributed by atoms with E-state index in [2.05, 4.69) is 5.32 Å². The highest BCUT2D eigenvalue weighted by molar-refractivity contribution is 6.06. The van der Waals surface area contributed by atoms with Gasteiger partial charge in [-0.25, -0.2) is 4.39 Å². The van der Waals surface area contributed by atoms with Crippen molar-refractivity contribution in [2.75, 3.05) is 11.1 Å². The summed E-state index contributed by atoms with van der Waals surface area (Å²) in [5.74, 6) is -1.90. The van der Waals surface area contributed by atoms with Crippen LogP contribution < -0.4 is 11.1 Å². The molecule has 2 aromatic rings. The number of halogens is 1. The van der Waals surface area contributed by atoms with Gasteiger partial charge in [0.2, 0.25) is 0 Å². The maximum atomic E-state index is 13.5. The standard InChI is InChI=1S/C13H11FN2O3/c14-10-2-1-3-11(15)12(10)16-13(19)7-4-8(17)6-9(18)5-7/h1-6,17-18H,15H2,(H,16,19). The maximum Gasteiger partial charge on any atom is 0.256 e. The van der Waals surface area contributed by atoms with Gasteiger partial charge in [-0.05, 0) is 24.3 Å². The van der Waals surface area contributed by atoms with Crippen molar-refractivity contribution >= 4 is 17.3 Å². The Bertz CT molecular complexity index is 603. The van der Waals surface area contributed by atoms with Gasteiger partial charge in [0.15, 0.2) is 0 Å². The molecule has 0 saturated heterocycles. The van der Waals surface area contributed by atoms with Crippen molar-refractivity contribution in [1.29, 1.82) is 0 Å². The largest absolute Gasteiger partial charge is 0.508 e. The van der Waals surface area contributed by atoms with Gasteiger partial charge in [-0.3, -0.25) is 4.79 Å². The van der Waals surface area contributed by atoms with Gasteiger partial charge >= 0.3 is 0 Å². The van der Waals surface area contributed by atoms with Gasteiger partial charge in [0.05, 0.1) is 5.69 Å². The van der Waals surface area contributed by atoms with Crippen molar-refractivity contribution in [3.63, 3.8) is 0 Å². The Morgan fingerprint density at radius 1 is 1.16 bits per heavy atom. The number of para-hydroxylation sites is 1. The molecule has 0 radical (unpaired) electrons. The van der Waals surface area contributed by atoms with E-state index < -0.39 is 11.7 Å². The second-order valence-electron chi connectivity index (χ2n) is 3.90. The number of nitrogen functional groups attached to an aromatic ring is 1. The molecule has 2 aromatic carbocycles. The molecule has 0 spiro atoms. The van der Waals surface area contributed by atoms with E-state index in [1.165, 1.54) is 12.1 Å². The van der Waals surface area contributed by atoms with Crippen LogP contribution in [-0.4, -0.2) is 16.1 Å². The summed E-state index contributed by atoms with van der Waals surface area (Å²) in [6, 6.07) is 7.39. The van der Waals surface area contributed by atoms with Crippen LogP contribution in [0.3, 0.4) is 0 Å². The Morgan fingerprint density at radius 2 is 1.79 bits per heavy atom. The monoisotopic (exact) mass is 262 g/mol. The Labute approximate surface area is 108 Å². The third-order valence-electron chi connectivity index (χ3n) is 2.45. The molecule has 0 heterocycles. The molecule has 0 aliphatic rings. The second-order valence-corrected chi connectivity index (χ2v) is 3.90. The number of anilines is 2. The topological polar surface area (TPSA) is 95.6 Å². The first-order valence-corrected chi connectivity index (χ1v) is 5.36.